The number of alkyl halides is 3. The van der Waals surface area contributed by atoms with Crippen molar-refractivity contribution in [1.29, 1.82) is 0 Å². The zero-order valence-corrected chi connectivity index (χ0v) is 16.2. The van der Waals surface area contributed by atoms with Crippen LogP contribution in [0, 0.1) is 6.92 Å². The van der Waals surface area contributed by atoms with Crippen LogP contribution in [-0.4, -0.2) is 20.7 Å². The molecule has 0 radical (unpaired) electrons. The Morgan fingerprint density at radius 1 is 1.07 bits per heavy atom. The first-order valence-electron chi connectivity index (χ1n) is 9.11. The van der Waals surface area contributed by atoms with E-state index in [0.717, 1.165) is 11.5 Å². The fourth-order valence-electron chi connectivity index (χ4n) is 3.31. The molecule has 0 aliphatic heterocycles. The van der Waals surface area contributed by atoms with Crippen LogP contribution in [0.3, 0.4) is 0 Å². The molecule has 0 fully saturated rings. The molecule has 8 heteroatoms. The average molecular weight is 410 g/mol. The van der Waals surface area contributed by atoms with Crippen LogP contribution in [0.5, 0.6) is 0 Å². The number of aromatic nitrogens is 3. The molecule has 0 atom stereocenters. The van der Waals surface area contributed by atoms with Crippen molar-refractivity contribution in [2.75, 3.05) is 5.32 Å². The number of aryl methyl sites for hydroxylation is 1. The molecule has 0 bridgehead atoms. The normalized spacial score (nSPS) is 11.6. The van der Waals surface area contributed by atoms with Crippen molar-refractivity contribution in [3.63, 3.8) is 0 Å². The van der Waals surface area contributed by atoms with Gasteiger partial charge in [-0.15, -0.1) is 0 Å². The maximum atomic E-state index is 13.0. The Morgan fingerprint density at radius 2 is 1.87 bits per heavy atom. The van der Waals surface area contributed by atoms with Gasteiger partial charge >= 0.3 is 6.18 Å². The van der Waals surface area contributed by atoms with E-state index >= 15 is 0 Å². The second-order valence-electron chi connectivity index (χ2n) is 6.88. The minimum absolute atomic E-state index is 0.311. The van der Waals surface area contributed by atoms with Gasteiger partial charge in [0.15, 0.2) is 5.69 Å². The molecular formula is C22H17F3N4O. The summed E-state index contributed by atoms with van der Waals surface area (Å²) in [7, 11) is 1.46. The van der Waals surface area contributed by atoms with Crippen molar-refractivity contribution >= 4 is 22.5 Å². The number of pyridine rings is 1. The summed E-state index contributed by atoms with van der Waals surface area (Å²) in [6.07, 6.45) is -2.87. The van der Waals surface area contributed by atoms with E-state index in [-0.39, 0.29) is 5.91 Å². The molecule has 1 N–H and O–H groups in total. The number of nitrogens with zero attached hydrogens (tertiary/aromatic N) is 3. The highest BCUT2D eigenvalue weighted by molar-refractivity contribution is 6.06. The third-order valence-corrected chi connectivity index (χ3v) is 4.90. The van der Waals surface area contributed by atoms with Crippen molar-refractivity contribution in [2.24, 2.45) is 7.05 Å². The monoisotopic (exact) mass is 410 g/mol. The lowest BCUT2D eigenvalue weighted by molar-refractivity contribution is -0.141. The topological polar surface area (TPSA) is 59.8 Å². The first-order valence-corrected chi connectivity index (χ1v) is 9.11. The molecule has 2 aromatic carbocycles. The number of halogens is 3. The largest absolute Gasteiger partial charge is 0.435 e. The summed E-state index contributed by atoms with van der Waals surface area (Å²) in [5.41, 5.74) is 2.19. The fraction of sp³-hybridized carbons (Fsp3) is 0.136. The molecule has 4 aromatic rings. The van der Waals surface area contributed by atoms with Gasteiger partial charge in [-0.1, -0.05) is 24.3 Å². The number of rotatable bonds is 3. The number of hydrogen-bond acceptors (Lipinski definition) is 3. The smallest absolute Gasteiger partial charge is 0.322 e. The zero-order chi connectivity index (χ0) is 21.5. The molecule has 0 aliphatic carbocycles. The number of hydrogen-bond donors (Lipinski definition) is 1. The molecule has 0 spiro atoms. The Morgan fingerprint density at radius 3 is 2.60 bits per heavy atom. The first kappa shape index (κ1) is 19.6. The highest BCUT2D eigenvalue weighted by Gasteiger charge is 2.34. The highest BCUT2D eigenvalue weighted by Crippen LogP contribution is 2.34. The lowest BCUT2D eigenvalue weighted by atomic mass is 10.0. The lowest BCUT2D eigenvalue weighted by Crippen LogP contribution is -2.13. The third-order valence-electron chi connectivity index (χ3n) is 4.90. The number of carbonyl (C=O) groups excluding carboxylic acids is 1. The number of anilines is 1. The Bertz CT molecular complexity index is 1260. The SMILES string of the molecule is Cc1c(NC(=O)c2ccc3cccnc3c2)cccc1-c1cc(C(F)(F)F)nn1C. The number of carbonyl (C=O) groups is 1. The second-order valence-corrected chi connectivity index (χ2v) is 6.88. The van der Waals surface area contributed by atoms with Crippen molar-refractivity contribution in [2.45, 2.75) is 13.1 Å². The summed E-state index contributed by atoms with van der Waals surface area (Å²) in [6.45, 7) is 1.74. The summed E-state index contributed by atoms with van der Waals surface area (Å²) in [5.74, 6) is -0.330. The molecule has 0 aliphatic rings. The average Bonchev–Trinajstić information content (AvgIpc) is 3.11. The van der Waals surface area contributed by atoms with Crippen LogP contribution in [0.15, 0.2) is 60.8 Å². The molecular weight excluding hydrogens is 393 g/mol. The van der Waals surface area contributed by atoms with E-state index in [1.165, 1.54) is 11.7 Å². The predicted octanol–water partition coefficient (Wildman–Crippen LogP) is 5.21. The zero-order valence-electron chi connectivity index (χ0n) is 16.2. The number of nitrogens with one attached hydrogen (secondary N) is 1. The van der Waals surface area contributed by atoms with Crippen molar-refractivity contribution < 1.29 is 18.0 Å². The fourth-order valence-corrected chi connectivity index (χ4v) is 3.31. The van der Waals surface area contributed by atoms with Gasteiger partial charge in [0, 0.05) is 35.4 Å². The summed E-state index contributed by atoms with van der Waals surface area (Å²) in [5, 5.41) is 7.32. The minimum Gasteiger partial charge on any atom is -0.322 e. The predicted molar refractivity (Wildman–Crippen MR) is 108 cm³/mol. The summed E-state index contributed by atoms with van der Waals surface area (Å²) in [4.78, 5) is 17.0. The van der Waals surface area contributed by atoms with Crippen molar-refractivity contribution in [3.05, 3.63) is 77.6 Å². The molecule has 5 nitrogen and oxygen atoms in total. The van der Waals surface area contributed by atoms with Crippen LogP contribution in [0.4, 0.5) is 18.9 Å². The van der Waals surface area contributed by atoms with E-state index < -0.39 is 11.9 Å². The van der Waals surface area contributed by atoms with Gasteiger partial charge in [0.2, 0.25) is 0 Å². The molecule has 1 amide bonds. The van der Waals surface area contributed by atoms with Crippen LogP contribution in [0.1, 0.15) is 21.6 Å². The Labute approximate surface area is 170 Å². The first-order chi connectivity index (χ1) is 14.2. The Hall–Kier alpha value is -3.68. The van der Waals surface area contributed by atoms with Gasteiger partial charge in [0.1, 0.15) is 0 Å². The van der Waals surface area contributed by atoms with Gasteiger partial charge in [-0.2, -0.15) is 18.3 Å². The number of fused-ring (bicyclic) bond motifs is 1. The molecule has 2 heterocycles. The lowest BCUT2D eigenvalue weighted by Gasteiger charge is -2.13. The number of amides is 1. The molecule has 0 saturated heterocycles. The van der Waals surface area contributed by atoms with E-state index in [4.69, 9.17) is 0 Å². The molecule has 152 valence electrons. The van der Waals surface area contributed by atoms with Crippen molar-refractivity contribution in [3.8, 4) is 11.3 Å². The van der Waals surface area contributed by atoms with Gasteiger partial charge < -0.3 is 5.32 Å². The van der Waals surface area contributed by atoms with Crippen LogP contribution < -0.4 is 5.32 Å². The molecule has 30 heavy (non-hydrogen) atoms. The Kier molecular flexibility index (Phi) is 4.77. The summed E-state index contributed by atoms with van der Waals surface area (Å²) < 4.78 is 40.2. The van der Waals surface area contributed by atoms with Gasteiger partial charge in [-0.05, 0) is 42.8 Å². The maximum absolute atomic E-state index is 13.0. The second kappa shape index (κ2) is 7.29. The summed E-state index contributed by atoms with van der Waals surface area (Å²) >= 11 is 0. The number of benzene rings is 2. The van der Waals surface area contributed by atoms with E-state index in [2.05, 4.69) is 15.4 Å². The van der Waals surface area contributed by atoms with Gasteiger partial charge in [-0.3, -0.25) is 14.5 Å². The van der Waals surface area contributed by atoms with Crippen LogP contribution in [0.2, 0.25) is 0 Å². The van der Waals surface area contributed by atoms with E-state index in [9.17, 15) is 18.0 Å². The standard InChI is InChI=1S/C22H17F3N4O/c1-13-16(19-12-20(22(23,24)25)28-29(19)2)6-3-7-17(13)27-21(30)15-9-8-14-5-4-10-26-18(14)11-15/h3-12H,1-2H3,(H,27,30). The molecule has 2 aromatic heterocycles. The molecule has 0 saturated carbocycles. The summed E-state index contributed by atoms with van der Waals surface area (Å²) in [6, 6.07) is 15.0. The van der Waals surface area contributed by atoms with E-state index in [1.807, 2.05) is 18.2 Å². The molecule has 0 unspecified atom stereocenters. The quantitative estimate of drug-likeness (QED) is 0.504. The van der Waals surface area contributed by atoms with Crippen LogP contribution >= 0.6 is 0 Å². The Balaban J connectivity index is 1.66. The van der Waals surface area contributed by atoms with Crippen LogP contribution in [-0.2, 0) is 13.2 Å². The third kappa shape index (κ3) is 3.63. The minimum atomic E-state index is -4.53. The van der Waals surface area contributed by atoms with E-state index in [0.29, 0.717) is 33.6 Å². The molecule has 4 rings (SSSR count). The maximum Gasteiger partial charge on any atom is 0.435 e. The van der Waals surface area contributed by atoms with E-state index in [1.54, 1.807) is 43.5 Å². The van der Waals surface area contributed by atoms with Crippen molar-refractivity contribution in [1.82, 2.24) is 14.8 Å². The highest BCUT2D eigenvalue weighted by atomic mass is 19.4. The van der Waals surface area contributed by atoms with Gasteiger partial charge in [0.05, 0.1) is 11.2 Å². The van der Waals surface area contributed by atoms with Gasteiger partial charge in [0.25, 0.3) is 5.91 Å². The van der Waals surface area contributed by atoms with Gasteiger partial charge in [-0.25, -0.2) is 0 Å². The van der Waals surface area contributed by atoms with Crippen LogP contribution in [0.25, 0.3) is 22.2 Å².